The first-order valence-electron chi connectivity index (χ1n) is 14.1. The second kappa shape index (κ2) is 12.1. The summed E-state index contributed by atoms with van der Waals surface area (Å²) in [4.78, 5) is 37.7. The van der Waals surface area contributed by atoms with Gasteiger partial charge in [-0.3, -0.25) is 9.69 Å². The zero-order valence-corrected chi connectivity index (χ0v) is 24.2. The molecule has 1 atom stereocenters. The minimum Gasteiger partial charge on any atom is -0.472 e. The number of ether oxygens (including phenoxy) is 3. The van der Waals surface area contributed by atoms with E-state index < -0.39 is 0 Å². The number of esters is 1. The van der Waals surface area contributed by atoms with Crippen LogP contribution in [0.2, 0.25) is 0 Å². The molecular weight excluding hydrogens is 540 g/mol. The summed E-state index contributed by atoms with van der Waals surface area (Å²) in [6.07, 6.45) is 3.21. The number of pyridine rings is 1. The molecule has 0 bridgehead atoms. The van der Waals surface area contributed by atoms with E-state index >= 15 is 0 Å². The molecule has 0 spiro atoms. The van der Waals surface area contributed by atoms with Crippen molar-refractivity contribution < 1.29 is 23.8 Å². The fourth-order valence-corrected chi connectivity index (χ4v) is 6.31. The highest BCUT2D eigenvalue weighted by Gasteiger charge is 2.26. The van der Waals surface area contributed by atoms with Crippen molar-refractivity contribution in [1.82, 2.24) is 19.4 Å². The van der Waals surface area contributed by atoms with Gasteiger partial charge in [0.2, 0.25) is 5.88 Å². The van der Waals surface area contributed by atoms with E-state index in [1.54, 1.807) is 13.0 Å². The van der Waals surface area contributed by atoms with E-state index in [2.05, 4.69) is 15.5 Å². The Bertz CT molecular complexity index is 1550. The molecular formula is C31H34N4O5S. The Morgan fingerprint density at radius 2 is 1.90 bits per heavy atom. The lowest BCUT2D eigenvalue weighted by molar-refractivity contribution is -0.0592. The number of benzene rings is 1. The lowest BCUT2D eigenvalue weighted by atomic mass is 9.93. The lowest BCUT2D eigenvalue weighted by Gasteiger charge is -2.32. The van der Waals surface area contributed by atoms with Crippen molar-refractivity contribution in [2.45, 2.75) is 57.9 Å². The van der Waals surface area contributed by atoms with Crippen LogP contribution in [0.4, 0.5) is 0 Å². The average Bonchev–Trinajstić information content (AvgIpc) is 3.58. The van der Waals surface area contributed by atoms with Gasteiger partial charge in [0.1, 0.15) is 12.4 Å². The summed E-state index contributed by atoms with van der Waals surface area (Å²) in [6.45, 7) is 6.12. The second-order valence-corrected chi connectivity index (χ2v) is 11.8. The number of imidazole rings is 1. The Morgan fingerprint density at radius 1 is 1.07 bits per heavy atom. The number of rotatable bonds is 10. The molecule has 0 aliphatic carbocycles. The predicted octanol–water partition coefficient (Wildman–Crippen LogP) is 5.23. The Hall–Kier alpha value is -3.60. The van der Waals surface area contributed by atoms with Gasteiger partial charge in [-0.2, -0.15) is 0 Å². The molecule has 0 amide bonds. The molecule has 0 unspecified atom stereocenters. The molecule has 0 saturated carbocycles. The number of carbonyl (C=O) groups excluding carboxylic acids is 2. The topological polar surface area (TPSA) is 95.8 Å². The Balaban J connectivity index is 1.10. The SMILES string of the molecule is COC(=O)c1ccc2nc(CN3CCC(c4cccc(OCc5ccc(C(C)=O)s5)n4)CC3)n(C[C@@H]3CCO3)c2c1. The number of thiophene rings is 1. The van der Waals surface area contributed by atoms with Crippen molar-refractivity contribution in [1.29, 1.82) is 0 Å². The zero-order chi connectivity index (χ0) is 28.3. The Morgan fingerprint density at radius 3 is 2.61 bits per heavy atom. The second-order valence-electron chi connectivity index (χ2n) is 10.7. The standard InChI is InChI=1S/C31H34N4O5S/c1-20(36)28-9-7-24(41-28)19-40-30-5-3-4-25(33-30)21-10-13-34(14-11-21)18-29-32-26-8-6-22(31(37)38-2)16-27(26)35(29)17-23-12-15-39-23/h3-9,16,21,23H,10-15,17-19H2,1-2H3/t23-/m0/s1. The van der Waals surface area contributed by atoms with Gasteiger partial charge >= 0.3 is 5.97 Å². The monoisotopic (exact) mass is 574 g/mol. The average molecular weight is 575 g/mol. The van der Waals surface area contributed by atoms with Gasteiger partial charge in [-0.05, 0) is 75.7 Å². The van der Waals surface area contributed by atoms with Gasteiger partial charge in [0.25, 0.3) is 0 Å². The third-order valence-corrected chi connectivity index (χ3v) is 9.07. The summed E-state index contributed by atoms with van der Waals surface area (Å²) < 4.78 is 18.9. The highest BCUT2D eigenvalue weighted by atomic mass is 32.1. The van der Waals surface area contributed by atoms with Crippen LogP contribution < -0.4 is 4.74 Å². The fourth-order valence-electron chi connectivity index (χ4n) is 5.49. The molecule has 214 valence electrons. The van der Waals surface area contributed by atoms with Crippen LogP contribution in [-0.2, 0) is 29.2 Å². The van der Waals surface area contributed by atoms with E-state index in [1.165, 1.54) is 18.4 Å². The van der Waals surface area contributed by atoms with Crippen molar-refractivity contribution >= 4 is 34.1 Å². The van der Waals surface area contributed by atoms with E-state index in [0.29, 0.717) is 24.0 Å². The van der Waals surface area contributed by atoms with E-state index in [1.807, 2.05) is 36.4 Å². The fraction of sp³-hybridized carbons (Fsp3) is 0.419. The Labute approximate surface area is 243 Å². The normalized spacial score (nSPS) is 17.9. The van der Waals surface area contributed by atoms with Gasteiger partial charge in [-0.25, -0.2) is 14.8 Å². The lowest BCUT2D eigenvalue weighted by Crippen LogP contribution is -2.35. The molecule has 0 N–H and O–H groups in total. The smallest absolute Gasteiger partial charge is 0.337 e. The maximum atomic E-state index is 12.2. The number of fused-ring (bicyclic) bond motifs is 1. The summed E-state index contributed by atoms with van der Waals surface area (Å²) in [5.41, 5.74) is 3.40. The van der Waals surface area contributed by atoms with Gasteiger partial charge in [0, 0.05) is 29.2 Å². The number of methoxy groups -OCH3 is 1. The van der Waals surface area contributed by atoms with Crippen molar-refractivity contribution in [3.63, 3.8) is 0 Å². The molecule has 0 radical (unpaired) electrons. The number of nitrogens with zero attached hydrogens (tertiary/aromatic N) is 4. The van der Waals surface area contributed by atoms with Gasteiger partial charge in [-0.15, -0.1) is 11.3 Å². The van der Waals surface area contributed by atoms with Gasteiger partial charge < -0.3 is 18.8 Å². The number of piperidine rings is 1. The highest BCUT2D eigenvalue weighted by molar-refractivity contribution is 7.14. The number of hydrogen-bond donors (Lipinski definition) is 0. The number of aromatic nitrogens is 3. The molecule has 3 aromatic heterocycles. The first kappa shape index (κ1) is 27.6. The maximum Gasteiger partial charge on any atom is 0.337 e. The summed E-state index contributed by atoms with van der Waals surface area (Å²) in [5, 5.41) is 0. The largest absolute Gasteiger partial charge is 0.472 e. The van der Waals surface area contributed by atoms with Crippen LogP contribution in [0.25, 0.3) is 11.0 Å². The summed E-state index contributed by atoms with van der Waals surface area (Å²) in [7, 11) is 1.40. The number of carbonyl (C=O) groups is 2. The number of ketones is 1. The minimum absolute atomic E-state index is 0.0741. The van der Waals surface area contributed by atoms with Crippen LogP contribution in [0.5, 0.6) is 5.88 Å². The number of hydrogen-bond acceptors (Lipinski definition) is 9. The van der Waals surface area contributed by atoms with Crippen molar-refractivity contribution in [3.8, 4) is 5.88 Å². The van der Waals surface area contributed by atoms with E-state index in [0.717, 1.165) is 84.4 Å². The number of likely N-dealkylation sites (tertiary alicyclic amines) is 1. The van der Waals surface area contributed by atoms with Crippen LogP contribution in [0.15, 0.2) is 48.5 Å². The van der Waals surface area contributed by atoms with Crippen LogP contribution >= 0.6 is 11.3 Å². The summed E-state index contributed by atoms with van der Waals surface area (Å²) in [6, 6.07) is 15.3. The molecule has 2 aliphatic heterocycles. The van der Waals surface area contributed by atoms with Gasteiger partial charge in [0.15, 0.2) is 5.78 Å². The van der Waals surface area contributed by atoms with Crippen molar-refractivity contribution in [2.75, 3.05) is 26.8 Å². The molecule has 10 heteroatoms. The van der Waals surface area contributed by atoms with Crippen LogP contribution in [0.1, 0.15) is 68.5 Å². The summed E-state index contributed by atoms with van der Waals surface area (Å²) >= 11 is 1.46. The van der Waals surface area contributed by atoms with E-state index in [-0.39, 0.29) is 17.9 Å². The van der Waals surface area contributed by atoms with Crippen LogP contribution in [-0.4, -0.2) is 64.1 Å². The molecule has 6 rings (SSSR count). The van der Waals surface area contributed by atoms with E-state index in [4.69, 9.17) is 24.2 Å². The quantitative estimate of drug-likeness (QED) is 0.188. The Kier molecular flexibility index (Phi) is 8.13. The highest BCUT2D eigenvalue weighted by Crippen LogP contribution is 2.30. The first-order valence-corrected chi connectivity index (χ1v) is 14.9. The molecule has 2 fully saturated rings. The minimum atomic E-state index is -0.347. The van der Waals surface area contributed by atoms with Crippen molar-refractivity contribution in [2.24, 2.45) is 0 Å². The zero-order valence-electron chi connectivity index (χ0n) is 23.4. The molecule has 2 aliphatic rings. The molecule has 1 aromatic carbocycles. The van der Waals surface area contributed by atoms with Crippen LogP contribution in [0.3, 0.4) is 0 Å². The summed E-state index contributed by atoms with van der Waals surface area (Å²) in [5.74, 6) is 1.70. The molecule has 9 nitrogen and oxygen atoms in total. The van der Waals surface area contributed by atoms with Crippen LogP contribution in [0, 0.1) is 0 Å². The maximum absolute atomic E-state index is 12.2. The third kappa shape index (κ3) is 6.19. The van der Waals surface area contributed by atoms with Crippen molar-refractivity contribution in [3.05, 3.63) is 75.4 Å². The number of Topliss-reactive ketones (excluding diaryl/α,β-unsaturated/α-hetero) is 1. The van der Waals surface area contributed by atoms with E-state index in [9.17, 15) is 9.59 Å². The molecule has 2 saturated heterocycles. The molecule has 5 heterocycles. The molecule has 4 aromatic rings. The molecule has 41 heavy (non-hydrogen) atoms. The third-order valence-electron chi connectivity index (χ3n) is 7.91. The van der Waals surface area contributed by atoms with Gasteiger partial charge in [0.05, 0.1) is 47.8 Å². The predicted molar refractivity (Wildman–Crippen MR) is 156 cm³/mol. The first-order chi connectivity index (χ1) is 20.0. The van der Waals surface area contributed by atoms with Gasteiger partial charge in [-0.1, -0.05) is 6.07 Å².